The number of rotatable bonds is 3. The van der Waals surface area contributed by atoms with Crippen molar-refractivity contribution < 1.29 is 18.0 Å². The lowest BCUT2D eigenvalue weighted by Crippen LogP contribution is -2.36. The quantitative estimate of drug-likeness (QED) is 0.466. The van der Waals surface area contributed by atoms with Crippen molar-refractivity contribution in [2.24, 2.45) is 0 Å². The van der Waals surface area contributed by atoms with Gasteiger partial charge in [-0.1, -0.05) is 53.0 Å². The van der Waals surface area contributed by atoms with Crippen molar-refractivity contribution >= 4 is 40.6 Å². The maximum Gasteiger partial charge on any atom is 0.410 e. The first-order valence-electron chi connectivity index (χ1n) is 9.36. The van der Waals surface area contributed by atoms with Crippen LogP contribution in [-0.2, 0) is 0 Å². The lowest BCUT2D eigenvalue weighted by atomic mass is 9.96. The smallest absolute Gasteiger partial charge is 0.363 e. The second kappa shape index (κ2) is 8.09. The van der Waals surface area contributed by atoms with Gasteiger partial charge in [-0.05, 0) is 30.7 Å². The van der Waals surface area contributed by atoms with Crippen LogP contribution >= 0.6 is 23.2 Å². The number of alkyl halides is 3. The van der Waals surface area contributed by atoms with E-state index >= 15 is 0 Å². The summed E-state index contributed by atoms with van der Waals surface area (Å²) in [6.07, 6.45) is -3.65. The number of anilines is 2. The van der Waals surface area contributed by atoms with Gasteiger partial charge in [0.2, 0.25) is 0 Å². The molecule has 0 fully saturated rings. The molecule has 1 aromatic heterocycles. The number of hydrogen-bond acceptors (Lipinski definition) is 3. The fraction of sp³-hybridized carbons (Fsp3) is 0.238. The van der Waals surface area contributed by atoms with Gasteiger partial charge in [0.1, 0.15) is 11.4 Å². The SMILES string of the molecule is Cc1ccc(C2CC(C(F)(F)F)n3ncc(C(=O)Nc4cc(Cl)cc(Cl)c4)c3N2)cc1. The number of hydrogen-bond donors (Lipinski definition) is 2. The monoisotopic (exact) mass is 468 g/mol. The number of aromatic nitrogens is 2. The van der Waals surface area contributed by atoms with Gasteiger partial charge in [0.15, 0.2) is 6.04 Å². The van der Waals surface area contributed by atoms with Crippen molar-refractivity contribution in [3.05, 3.63) is 75.4 Å². The third-order valence-electron chi connectivity index (χ3n) is 5.08. The molecule has 5 nitrogen and oxygen atoms in total. The van der Waals surface area contributed by atoms with Gasteiger partial charge in [0.25, 0.3) is 5.91 Å². The van der Waals surface area contributed by atoms with Crippen molar-refractivity contribution in [1.29, 1.82) is 0 Å². The lowest BCUT2D eigenvalue weighted by molar-refractivity contribution is -0.173. The van der Waals surface area contributed by atoms with Crippen LogP contribution in [0.1, 0.15) is 40.0 Å². The zero-order chi connectivity index (χ0) is 22.3. The summed E-state index contributed by atoms with van der Waals surface area (Å²) in [7, 11) is 0. The summed E-state index contributed by atoms with van der Waals surface area (Å²) in [5, 5.41) is 10.2. The Kier molecular flexibility index (Phi) is 5.61. The fourth-order valence-corrected chi connectivity index (χ4v) is 4.10. The highest BCUT2D eigenvalue weighted by molar-refractivity contribution is 6.35. The lowest BCUT2D eigenvalue weighted by Gasteiger charge is -2.34. The molecule has 2 atom stereocenters. The van der Waals surface area contributed by atoms with E-state index in [9.17, 15) is 18.0 Å². The molecule has 0 saturated carbocycles. The Bertz CT molecular complexity index is 1110. The van der Waals surface area contributed by atoms with E-state index in [0.717, 1.165) is 16.4 Å². The van der Waals surface area contributed by atoms with Crippen molar-refractivity contribution in [1.82, 2.24) is 9.78 Å². The minimum atomic E-state index is -4.53. The van der Waals surface area contributed by atoms with Crippen LogP contribution in [0.25, 0.3) is 0 Å². The van der Waals surface area contributed by atoms with E-state index in [0.29, 0.717) is 21.3 Å². The molecule has 3 aromatic rings. The van der Waals surface area contributed by atoms with Crippen LogP contribution in [0.3, 0.4) is 0 Å². The average Bonchev–Trinajstić information content (AvgIpc) is 3.10. The molecule has 2 aromatic carbocycles. The highest BCUT2D eigenvalue weighted by Gasteiger charge is 2.47. The van der Waals surface area contributed by atoms with Gasteiger partial charge in [-0.15, -0.1) is 0 Å². The molecular weight excluding hydrogens is 452 g/mol. The fourth-order valence-electron chi connectivity index (χ4n) is 3.57. The standard InChI is InChI=1S/C21H17Cl2F3N4O/c1-11-2-4-12(5-3-11)17-9-18(21(24,25)26)30-19(29-17)16(10-27-30)20(31)28-15-7-13(22)6-14(23)8-15/h2-8,10,17-18,29H,9H2,1H3,(H,28,31). The number of halogens is 5. The molecule has 0 aliphatic carbocycles. The Morgan fingerprint density at radius 3 is 2.42 bits per heavy atom. The number of carbonyl (C=O) groups is 1. The number of amides is 1. The second-order valence-corrected chi connectivity index (χ2v) is 8.24. The third kappa shape index (κ3) is 4.50. The molecule has 1 aliphatic rings. The van der Waals surface area contributed by atoms with Gasteiger partial charge in [-0.3, -0.25) is 4.79 Å². The molecule has 1 aliphatic heterocycles. The largest absolute Gasteiger partial charge is 0.410 e. The van der Waals surface area contributed by atoms with Gasteiger partial charge in [-0.25, -0.2) is 4.68 Å². The Labute approximate surface area is 186 Å². The first-order valence-corrected chi connectivity index (χ1v) is 10.1. The first-order chi connectivity index (χ1) is 14.6. The van der Waals surface area contributed by atoms with E-state index in [1.54, 1.807) is 12.1 Å². The van der Waals surface area contributed by atoms with Crippen molar-refractivity contribution in [2.45, 2.75) is 31.6 Å². The number of fused-ring (bicyclic) bond motifs is 1. The van der Waals surface area contributed by atoms with Gasteiger partial charge in [-0.2, -0.15) is 18.3 Å². The van der Waals surface area contributed by atoms with Crippen LogP contribution in [0, 0.1) is 6.92 Å². The van der Waals surface area contributed by atoms with E-state index in [1.165, 1.54) is 18.2 Å². The van der Waals surface area contributed by atoms with Crippen LogP contribution in [-0.4, -0.2) is 21.9 Å². The molecule has 0 bridgehead atoms. The van der Waals surface area contributed by atoms with E-state index in [-0.39, 0.29) is 17.8 Å². The molecule has 2 unspecified atom stereocenters. The molecule has 2 heterocycles. The van der Waals surface area contributed by atoms with Gasteiger partial charge >= 0.3 is 6.18 Å². The molecule has 0 spiro atoms. The highest BCUT2D eigenvalue weighted by atomic mass is 35.5. The Morgan fingerprint density at radius 2 is 1.81 bits per heavy atom. The predicted octanol–water partition coefficient (Wildman–Crippen LogP) is 6.41. The van der Waals surface area contributed by atoms with Gasteiger partial charge in [0.05, 0.1) is 12.2 Å². The maximum absolute atomic E-state index is 13.8. The molecule has 0 saturated heterocycles. The second-order valence-electron chi connectivity index (χ2n) is 7.36. The molecule has 0 radical (unpaired) electrons. The van der Waals surface area contributed by atoms with E-state index in [2.05, 4.69) is 15.7 Å². The van der Waals surface area contributed by atoms with Crippen LogP contribution in [0.5, 0.6) is 0 Å². The van der Waals surface area contributed by atoms with E-state index < -0.39 is 24.2 Å². The maximum atomic E-state index is 13.8. The van der Waals surface area contributed by atoms with Crippen LogP contribution < -0.4 is 10.6 Å². The number of nitrogens with one attached hydrogen (secondary N) is 2. The Hall–Kier alpha value is -2.71. The number of carbonyl (C=O) groups excluding carboxylic acids is 1. The zero-order valence-electron chi connectivity index (χ0n) is 16.2. The molecule has 2 N–H and O–H groups in total. The van der Waals surface area contributed by atoms with Crippen LogP contribution in [0.2, 0.25) is 10.0 Å². The number of nitrogens with zero attached hydrogens (tertiary/aromatic N) is 2. The molecule has 10 heteroatoms. The molecule has 31 heavy (non-hydrogen) atoms. The molecule has 1 amide bonds. The molecular formula is C21H17Cl2F3N4O. The average molecular weight is 469 g/mol. The van der Waals surface area contributed by atoms with Crippen molar-refractivity contribution in [3.63, 3.8) is 0 Å². The van der Waals surface area contributed by atoms with Crippen LogP contribution in [0.4, 0.5) is 24.7 Å². The van der Waals surface area contributed by atoms with Gasteiger partial charge in [0, 0.05) is 22.2 Å². The summed E-state index contributed by atoms with van der Waals surface area (Å²) in [6.45, 7) is 1.90. The first kappa shape index (κ1) is 21.5. The Balaban J connectivity index is 1.69. The summed E-state index contributed by atoms with van der Waals surface area (Å²) in [5.41, 5.74) is 2.00. The van der Waals surface area contributed by atoms with Crippen LogP contribution in [0.15, 0.2) is 48.7 Å². The highest BCUT2D eigenvalue weighted by Crippen LogP contribution is 2.44. The van der Waals surface area contributed by atoms with E-state index in [4.69, 9.17) is 23.2 Å². The normalized spacial score (nSPS) is 18.3. The minimum absolute atomic E-state index is 0.00442. The summed E-state index contributed by atoms with van der Waals surface area (Å²) in [6, 6.07) is 9.21. The number of benzene rings is 2. The van der Waals surface area contributed by atoms with E-state index in [1.807, 2.05) is 19.1 Å². The van der Waals surface area contributed by atoms with Crippen molar-refractivity contribution in [2.75, 3.05) is 10.6 Å². The summed E-state index contributed by atoms with van der Waals surface area (Å²) in [4.78, 5) is 12.8. The summed E-state index contributed by atoms with van der Waals surface area (Å²) >= 11 is 11.9. The van der Waals surface area contributed by atoms with Crippen molar-refractivity contribution in [3.8, 4) is 0 Å². The molecule has 162 valence electrons. The number of aryl methyl sites for hydroxylation is 1. The molecule has 4 rings (SSSR count). The minimum Gasteiger partial charge on any atom is -0.363 e. The van der Waals surface area contributed by atoms with Gasteiger partial charge < -0.3 is 10.6 Å². The summed E-state index contributed by atoms with van der Waals surface area (Å²) in [5.74, 6) is -0.623. The Morgan fingerprint density at radius 1 is 1.16 bits per heavy atom. The summed E-state index contributed by atoms with van der Waals surface area (Å²) < 4.78 is 42.2. The zero-order valence-corrected chi connectivity index (χ0v) is 17.7. The third-order valence-corrected chi connectivity index (χ3v) is 5.52. The predicted molar refractivity (Wildman–Crippen MR) is 114 cm³/mol. The topological polar surface area (TPSA) is 59.0 Å².